The highest BCUT2D eigenvalue weighted by Gasteiger charge is 2.37. The molecule has 1 unspecified atom stereocenters. The summed E-state index contributed by atoms with van der Waals surface area (Å²) in [6.07, 6.45) is -2.95. The second kappa shape index (κ2) is 8.37. The van der Waals surface area contributed by atoms with Gasteiger partial charge in [0.05, 0.1) is 17.9 Å². The van der Waals surface area contributed by atoms with Gasteiger partial charge < -0.3 is 9.88 Å². The van der Waals surface area contributed by atoms with Gasteiger partial charge in [-0.3, -0.25) is 25.2 Å². The summed E-state index contributed by atoms with van der Waals surface area (Å²) in [4.78, 5) is 41.2. The number of amides is 3. The van der Waals surface area contributed by atoms with Gasteiger partial charge in [0.1, 0.15) is 0 Å². The lowest BCUT2D eigenvalue weighted by Crippen LogP contribution is -2.45. The fourth-order valence-corrected chi connectivity index (χ4v) is 3.71. The van der Waals surface area contributed by atoms with Crippen LogP contribution in [0.25, 0.3) is 10.9 Å². The first-order valence-corrected chi connectivity index (χ1v) is 9.83. The number of para-hydroxylation sites is 1. The summed E-state index contributed by atoms with van der Waals surface area (Å²) in [7, 11) is 0. The van der Waals surface area contributed by atoms with Crippen LogP contribution in [0, 0.1) is 5.92 Å². The Morgan fingerprint density at radius 1 is 1.09 bits per heavy atom. The van der Waals surface area contributed by atoms with Crippen molar-refractivity contribution in [2.75, 3.05) is 11.4 Å². The van der Waals surface area contributed by atoms with Crippen LogP contribution in [0.4, 0.5) is 18.9 Å². The Balaban J connectivity index is 1.34. The predicted octanol–water partition coefficient (Wildman–Crippen LogP) is 2.93. The van der Waals surface area contributed by atoms with E-state index in [1.165, 1.54) is 12.1 Å². The molecule has 1 atom stereocenters. The number of aromatic nitrogens is 1. The average molecular weight is 444 g/mol. The van der Waals surface area contributed by atoms with E-state index >= 15 is 0 Å². The molecule has 1 aliphatic rings. The minimum absolute atomic E-state index is 0.0320. The van der Waals surface area contributed by atoms with Crippen LogP contribution in [0.5, 0.6) is 0 Å². The predicted molar refractivity (Wildman–Crippen MR) is 110 cm³/mol. The zero-order valence-electron chi connectivity index (χ0n) is 16.7. The zero-order valence-corrected chi connectivity index (χ0v) is 16.7. The van der Waals surface area contributed by atoms with Crippen molar-refractivity contribution in [1.29, 1.82) is 0 Å². The number of benzene rings is 2. The van der Waals surface area contributed by atoms with Crippen molar-refractivity contribution >= 4 is 34.3 Å². The number of hydrogen-bond acceptors (Lipinski definition) is 3. The molecule has 7 nitrogen and oxygen atoms in total. The van der Waals surface area contributed by atoms with Crippen molar-refractivity contribution < 1.29 is 27.6 Å². The Hall–Kier alpha value is -3.82. The van der Waals surface area contributed by atoms with Gasteiger partial charge in [-0.05, 0) is 29.8 Å². The van der Waals surface area contributed by atoms with Crippen LogP contribution in [0.15, 0.2) is 54.7 Å². The van der Waals surface area contributed by atoms with E-state index in [1.54, 1.807) is 6.20 Å². The summed E-state index contributed by atoms with van der Waals surface area (Å²) in [6.45, 7) is -0.0791. The van der Waals surface area contributed by atoms with Crippen LogP contribution in [-0.4, -0.2) is 29.3 Å². The number of hydrogen-bond donors (Lipinski definition) is 3. The number of rotatable bonds is 4. The van der Waals surface area contributed by atoms with E-state index < -0.39 is 35.4 Å². The molecule has 0 radical (unpaired) electrons. The highest BCUT2D eigenvalue weighted by atomic mass is 19.4. The van der Waals surface area contributed by atoms with E-state index in [4.69, 9.17) is 0 Å². The first kappa shape index (κ1) is 21.4. The van der Waals surface area contributed by atoms with Crippen LogP contribution < -0.4 is 15.8 Å². The lowest BCUT2D eigenvalue weighted by atomic mass is 10.1. The molecule has 10 heteroatoms. The van der Waals surface area contributed by atoms with Gasteiger partial charge >= 0.3 is 6.18 Å². The Morgan fingerprint density at radius 2 is 1.88 bits per heavy atom. The molecule has 3 aromatic rings. The second-order valence-corrected chi connectivity index (χ2v) is 7.53. The molecule has 3 N–H and O–H groups in total. The van der Waals surface area contributed by atoms with E-state index in [1.807, 2.05) is 24.3 Å². The Morgan fingerprint density at radius 3 is 2.66 bits per heavy atom. The minimum atomic E-state index is -4.54. The number of carbonyl (C=O) groups is 3. The third kappa shape index (κ3) is 4.43. The van der Waals surface area contributed by atoms with Gasteiger partial charge in [0, 0.05) is 35.8 Å². The maximum Gasteiger partial charge on any atom is 0.416 e. The van der Waals surface area contributed by atoms with Crippen LogP contribution in [0.3, 0.4) is 0 Å². The molecule has 0 bridgehead atoms. The minimum Gasteiger partial charge on any atom is -0.361 e. The van der Waals surface area contributed by atoms with Crippen molar-refractivity contribution in [3.05, 3.63) is 65.9 Å². The Kier molecular flexibility index (Phi) is 5.60. The summed E-state index contributed by atoms with van der Waals surface area (Å²) in [5.74, 6) is -2.29. The van der Waals surface area contributed by atoms with Gasteiger partial charge in [-0.25, -0.2) is 0 Å². The fourth-order valence-electron chi connectivity index (χ4n) is 3.71. The van der Waals surface area contributed by atoms with Gasteiger partial charge in [-0.1, -0.05) is 24.3 Å². The molecule has 1 aromatic heterocycles. The van der Waals surface area contributed by atoms with Crippen molar-refractivity contribution in [3.63, 3.8) is 0 Å². The molecule has 1 saturated heterocycles. The molecule has 2 aromatic carbocycles. The van der Waals surface area contributed by atoms with Crippen molar-refractivity contribution in [1.82, 2.24) is 15.8 Å². The summed E-state index contributed by atoms with van der Waals surface area (Å²) >= 11 is 0. The van der Waals surface area contributed by atoms with Crippen LogP contribution in [-0.2, 0) is 27.0 Å². The smallest absolute Gasteiger partial charge is 0.361 e. The molecule has 0 spiro atoms. The number of fused-ring (bicyclic) bond motifs is 1. The third-order valence-corrected chi connectivity index (χ3v) is 5.33. The Bertz CT molecular complexity index is 1190. The number of halogens is 3. The average Bonchev–Trinajstić information content (AvgIpc) is 3.35. The van der Waals surface area contributed by atoms with E-state index in [0.29, 0.717) is 0 Å². The Labute approximate surface area is 180 Å². The molecular formula is C22H19F3N4O3. The standard InChI is InChI=1S/C22H19F3N4O3/c23-22(24,25)15-4-3-5-16(10-15)29-12-14(9-20(29)31)21(32)28-27-19(30)8-13-11-26-18-7-2-1-6-17(13)18/h1-7,10-11,14,26H,8-9,12H2,(H,27,30)(H,28,32). The van der Waals surface area contributed by atoms with Gasteiger partial charge in [0.15, 0.2) is 0 Å². The molecule has 3 amide bonds. The molecule has 32 heavy (non-hydrogen) atoms. The maximum atomic E-state index is 12.9. The number of carbonyl (C=O) groups excluding carboxylic acids is 3. The highest BCUT2D eigenvalue weighted by Crippen LogP contribution is 2.33. The van der Waals surface area contributed by atoms with Crippen molar-refractivity contribution in [3.8, 4) is 0 Å². The molecule has 1 fully saturated rings. The summed E-state index contributed by atoms with van der Waals surface area (Å²) < 4.78 is 38.8. The lowest BCUT2D eigenvalue weighted by molar-refractivity contribution is -0.137. The number of anilines is 1. The first-order valence-electron chi connectivity index (χ1n) is 9.83. The number of H-pyrrole nitrogens is 1. The largest absolute Gasteiger partial charge is 0.416 e. The number of alkyl halides is 3. The van der Waals surface area contributed by atoms with E-state index in [-0.39, 0.29) is 25.1 Å². The van der Waals surface area contributed by atoms with Gasteiger partial charge in [0.25, 0.3) is 0 Å². The molecule has 2 heterocycles. The summed E-state index contributed by atoms with van der Waals surface area (Å²) in [5.41, 5.74) is 5.48. The third-order valence-electron chi connectivity index (χ3n) is 5.33. The maximum absolute atomic E-state index is 12.9. The SMILES string of the molecule is O=C(Cc1c[nH]c2ccccc12)NNC(=O)C1CC(=O)N(c2cccc(C(F)(F)F)c2)C1. The number of aromatic amines is 1. The second-order valence-electron chi connectivity index (χ2n) is 7.53. The van der Waals surface area contributed by atoms with Crippen molar-refractivity contribution in [2.24, 2.45) is 5.92 Å². The normalized spacial score (nSPS) is 16.4. The van der Waals surface area contributed by atoms with Crippen LogP contribution >= 0.6 is 0 Å². The number of nitrogens with one attached hydrogen (secondary N) is 3. The molecule has 0 saturated carbocycles. The molecule has 4 rings (SSSR count). The van der Waals surface area contributed by atoms with Crippen LogP contribution in [0.2, 0.25) is 0 Å². The van der Waals surface area contributed by atoms with Gasteiger partial charge in [0.2, 0.25) is 17.7 Å². The summed E-state index contributed by atoms with van der Waals surface area (Å²) in [6, 6.07) is 11.9. The van der Waals surface area contributed by atoms with Crippen molar-refractivity contribution in [2.45, 2.75) is 19.0 Å². The zero-order chi connectivity index (χ0) is 22.9. The lowest BCUT2D eigenvalue weighted by Gasteiger charge is -2.18. The topological polar surface area (TPSA) is 94.3 Å². The van der Waals surface area contributed by atoms with Crippen LogP contribution in [0.1, 0.15) is 17.5 Å². The fraction of sp³-hybridized carbons (Fsp3) is 0.227. The van der Waals surface area contributed by atoms with Gasteiger partial charge in [-0.2, -0.15) is 13.2 Å². The molecule has 166 valence electrons. The highest BCUT2D eigenvalue weighted by molar-refractivity contribution is 6.00. The molecular weight excluding hydrogens is 425 g/mol. The number of nitrogens with zero attached hydrogens (tertiary/aromatic N) is 1. The number of hydrazine groups is 1. The first-order chi connectivity index (χ1) is 15.2. The molecule has 0 aliphatic carbocycles. The van der Waals surface area contributed by atoms with E-state index in [9.17, 15) is 27.6 Å². The summed E-state index contributed by atoms with van der Waals surface area (Å²) in [5, 5.41) is 0.895. The van der Waals surface area contributed by atoms with E-state index in [0.717, 1.165) is 33.5 Å². The molecule has 1 aliphatic heterocycles. The quantitative estimate of drug-likeness (QED) is 0.540. The van der Waals surface area contributed by atoms with E-state index in [2.05, 4.69) is 15.8 Å². The monoisotopic (exact) mass is 444 g/mol. The van der Waals surface area contributed by atoms with Gasteiger partial charge in [-0.15, -0.1) is 0 Å².